The molecule has 0 fully saturated rings. The number of thiophene rings is 1. The van der Waals surface area contributed by atoms with Crippen molar-refractivity contribution in [2.45, 2.75) is 33.7 Å². The van der Waals surface area contributed by atoms with E-state index in [0.29, 0.717) is 19.5 Å². The second kappa shape index (κ2) is 13.0. The SMILES string of the molecule is CCNC(=NCc1ccc(Br)s1)NCCC(=O)N(CC)CC.I. The van der Waals surface area contributed by atoms with Gasteiger partial charge in [0.1, 0.15) is 0 Å². The lowest BCUT2D eigenvalue weighted by molar-refractivity contribution is -0.130. The summed E-state index contributed by atoms with van der Waals surface area (Å²) in [5.74, 6) is 0.926. The van der Waals surface area contributed by atoms with Crippen LogP contribution in [-0.2, 0) is 11.3 Å². The molecule has 0 aromatic carbocycles. The Hall–Kier alpha value is -0.350. The molecule has 0 bridgehead atoms. The summed E-state index contributed by atoms with van der Waals surface area (Å²) in [6.45, 7) is 9.57. The van der Waals surface area contributed by atoms with E-state index in [1.807, 2.05) is 31.7 Å². The van der Waals surface area contributed by atoms with Crippen LogP contribution in [0, 0.1) is 0 Å². The fourth-order valence-electron chi connectivity index (χ4n) is 1.96. The topological polar surface area (TPSA) is 56.7 Å². The monoisotopic (exact) mass is 516 g/mol. The highest BCUT2D eigenvalue weighted by Crippen LogP contribution is 2.22. The van der Waals surface area contributed by atoms with Crippen molar-refractivity contribution in [1.82, 2.24) is 15.5 Å². The van der Waals surface area contributed by atoms with Gasteiger partial charge >= 0.3 is 0 Å². The van der Waals surface area contributed by atoms with Crippen LogP contribution < -0.4 is 10.6 Å². The van der Waals surface area contributed by atoms with Crippen LogP contribution in [0.2, 0.25) is 0 Å². The summed E-state index contributed by atoms with van der Waals surface area (Å²) in [5.41, 5.74) is 0. The molecule has 1 amide bonds. The van der Waals surface area contributed by atoms with Crippen LogP contribution >= 0.6 is 51.2 Å². The average Bonchev–Trinajstić information content (AvgIpc) is 2.91. The molecule has 5 nitrogen and oxygen atoms in total. The summed E-state index contributed by atoms with van der Waals surface area (Å²) < 4.78 is 1.11. The Bertz CT molecular complexity index is 492. The highest BCUT2D eigenvalue weighted by molar-refractivity contribution is 14.0. The molecule has 0 radical (unpaired) electrons. The third-order valence-electron chi connectivity index (χ3n) is 3.11. The Morgan fingerprint density at radius 2 is 1.96 bits per heavy atom. The number of nitrogens with one attached hydrogen (secondary N) is 2. The van der Waals surface area contributed by atoms with E-state index < -0.39 is 0 Å². The number of hydrogen-bond acceptors (Lipinski definition) is 3. The molecule has 0 saturated heterocycles. The predicted molar refractivity (Wildman–Crippen MR) is 113 cm³/mol. The van der Waals surface area contributed by atoms with E-state index >= 15 is 0 Å². The van der Waals surface area contributed by atoms with Gasteiger partial charge in [-0.2, -0.15) is 0 Å². The van der Waals surface area contributed by atoms with Crippen LogP contribution in [-0.4, -0.2) is 42.9 Å². The van der Waals surface area contributed by atoms with Crippen LogP contribution in [0.3, 0.4) is 0 Å². The van der Waals surface area contributed by atoms with E-state index in [-0.39, 0.29) is 29.9 Å². The van der Waals surface area contributed by atoms with Crippen LogP contribution in [0.4, 0.5) is 0 Å². The lowest BCUT2D eigenvalue weighted by Crippen LogP contribution is -2.40. The fourth-order valence-corrected chi connectivity index (χ4v) is 3.37. The van der Waals surface area contributed by atoms with Crippen molar-refractivity contribution in [3.05, 3.63) is 20.8 Å². The van der Waals surface area contributed by atoms with E-state index in [1.165, 1.54) is 4.88 Å². The van der Waals surface area contributed by atoms with Crippen LogP contribution in [0.1, 0.15) is 32.1 Å². The minimum atomic E-state index is 0. The second-order valence-electron chi connectivity index (χ2n) is 4.64. The fraction of sp³-hybridized carbons (Fsp3) is 0.600. The first-order valence-corrected chi connectivity index (χ1v) is 9.25. The molecule has 0 aliphatic heterocycles. The largest absolute Gasteiger partial charge is 0.357 e. The van der Waals surface area contributed by atoms with E-state index in [9.17, 15) is 4.79 Å². The third-order valence-corrected chi connectivity index (χ3v) is 4.72. The van der Waals surface area contributed by atoms with Crippen molar-refractivity contribution in [3.8, 4) is 0 Å². The summed E-state index contributed by atoms with van der Waals surface area (Å²) in [6.07, 6.45) is 0.483. The maximum Gasteiger partial charge on any atom is 0.224 e. The molecule has 0 atom stereocenters. The highest BCUT2D eigenvalue weighted by Gasteiger charge is 2.09. The molecule has 1 aromatic rings. The molecule has 0 unspecified atom stereocenters. The molecule has 132 valence electrons. The van der Waals surface area contributed by atoms with E-state index in [2.05, 4.69) is 37.6 Å². The van der Waals surface area contributed by atoms with Gasteiger partial charge in [-0.3, -0.25) is 4.79 Å². The zero-order valence-electron chi connectivity index (χ0n) is 13.9. The smallest absolute Gasteiger partial charge is 0.224 e. The number of carbonyl (C=O) groups is 1. The quantitative estimate of drug-likeness (QED) is 0.316. The molecule has 1 rings (SSSR count). The molecule has 0 saturated carbocycles. The Balaban J connectivity index is 0.00000484. The van der Waals surface area contributed by atoms with Crippen LogP contribution in [0.5, 0.6) is 0 Å². The van der Waals surface area contributed by atoms with Gasteiger partial charge in [0.05, 0.1) is 10.3 Å². The molecule has 8 heteroatoms. The maximum atomic E-state index is 11.9. The van der Waals surface area contributed by atoms with Gasteiger partial charge in [0, 0.05) is 37.5 Å². The second-order valence-corrected chi connectivity index (χ2v) is 7.19. The molecule has 0 aliphatic rings. The Labute approximate surface area is 168 Å². The number of rotatable bonds is 8. The number of nitrogens with zero attached hydrogens (tertiary/aromatic N) is 2. The summed E-state index contributed by atoms with van der Waals surface area (Å²) in [5, 5.41) is 6.41. The molecule has 2 N–H and O–H groups in total. The van der Waals surface area contributed by atoms with Gasteiger partial charge in [-0.1, -0.05) is 0 Å². The maximum absolute atomic E-state index is 11.9. The molecule has 0 aliphatic carbocycles. The summed E-state index contributed by atoms with van der Waals surface area (Å²) in [7, 11) is 0. The Morgan fingerprint density at radius 3 is 2.48 bits per heavy atom. The van der Waals surface area contributed by atoms with Crippen molar-refractivity contribution in [3.63, 3.8) is 0 Å². The van der Waals surface area contributed by atoms with Crippen LogP contribution in [0.25, 0.3) is 0 Å². The minimum Gasteiger partial charge on any atom is -0.357 e. The van der Waals surface area contributed by atoms with Crippen LogP contribution in [0.15, 0.2) is 20.9 Å². The summed E-state index contributed by atoms with van der Waals surface area (Å²) in [6, 6.07) is 4.09. The molecule has 23 heavy (non-hydrogen) atoms. The van der Waals surface area contributed by atoms with Gasteiger partial charge < -0.3 is 15.5 Å². The normalized spacial score (nSPS) is 10.9. The standard InChI is InChI=1S/C15H25BrN4OS.HI/c1-4-17-15(19-11-12-7-8-13(16)22-12)18-10-9-14(21)20(5-2)6-3;/h7-8H,4-6,9-11H2,1-3H3,(H2,17,18,19);1H. The van der Waals surface area contributed by atoms with E-state index in [4.69, 9.17) is 0 Å². The zero-order valence-corrected chi connectivity index (χ0v) is 18.6. The van der Waals surface area contributed by atoms with Gasteiger partial charge in [-0.05, 0) is 48.8 Å². The lowest BCUT2D eigenvalue weighted by atomic mass is 10.3. The van der Waals surface area contributed by atoms with Gasteiger partial charge in [0.25, 0.3) is 0 Å². The number of halogens is 2. The van der Waals surface area contributed by atoms with Crippen molar-refractivity contribution >= 4 is 63.1 Å². The summed E-state index contributed by atoms with van der Waals surface area (Å²) in [4.78, 5) is 19.5. The number of hydrogen-bond donors (Lipinski definition) is 2. The highest BCUT2D eigenvalue weighted by atomic mass is 127. The molecule has 0 spiro atoms. The summed E-state index contributed by atoms with van der Waals surface area (Å²) >= 11 is 5.13. The van der Waals surface area contributed by atoms with Crippen molar-refractivity contribution in [2.75, 3.05) is 26.2 Å². The molecular formula is C15H26BrIN4OS. The number of guanidine groups is 1. The van der Waals surface area contributed by atoms with Gasteiger partial charge in [0.2, 0.25) is 5.91 Å². The number of carbonyl (C=O) groups excluding carboxylic acids is 1. The lowest BCUT2D eigenvalue weighted by Gasteiger charge is -2.19. The average molecular weight is 517 g/mol. The van der Waals surface area contributed by atoms with Gasteiger partial charge in [-0.15, -0.1) is 35.3 Å². The first-order chi connectivity index (χ1) is 10.6. The first kappa shape index (κ1) is 22.6. The molecular weight excluding hydrogens is 491 g/mol. The Morgan fingerprint density at radius 1 is 1.26 bits per heavy atom. The van der Waals surface area contributed by atoms with Crippen molar-refractivity contribution in [1.29, 1.82) is 0 Å². The first-order valence-electron chi connectivity index (χ1n) is 7.64. The van der Waals surface area contributed by atoms with Gasteiger partial charge in [0.15, 0.2) is 5.96 Å². The van der Waals surface area contributed by atoms with Crippen molar-refractivity contribution < 1.29 is 4.79 Å². The van der Waals surface area contributed by atoms with E-state index in [1.54, 1.807) is 11.3 Å². The Kier molecular flexibility index (Phi) is 12.8. The van der Waals surface area contributed by atoms with Crippen molar-refractivity contribution in [2.24, 2.45) is 4.99 Å². The minimum absolute atomic E-state index is 0. The molecule has 1 heterocycles. The third kappa shape index (κ3) is 8.90. The molecule has 1 aromatic heterocycles. The zero-order chi connectivity index (χ0) is 16.4. The van der Waals surface area contributed by atoms with E-state index in [0.717, 1.165) is 29.4 Å². The number of amides is 1. The predicted octanol–water partition coefficient (Wildman–Crippen LogP) is 3.44. The number of aliphatic imine (C=N–C) groups is 1. The van der Waals surface area contributed by atoms with Gasteiger partial charge in [-0.25, -0.2) is 4.99 Å².